The van der Waals surface area contributed by atoms with E-state index >= 15 is 0 Å². The fraction of sp³-hybridized carbons (Fsp3) is 0.273. The highest BCUT2D eigenvalue weighted by molar-refractivity contribution is 5.86. The quantitative estimate of drug-likeness (QED) is 0.527. The zero-order chi connectivity index (χ0) is 20.4. The van der Waals surface area contributed by atoms with Gasteiger partial charge in [-0.15, -0.1) is 0 Å². The Balaban J connectivity index is 1.89. The lowest BCUT2D eigenvalue weighted by molar-refractivity contribution is -0.142. The lowest BCUT2D eigenvalue weighted by atomic mass is 10.1. The van der Waals surface area contributed by atoms with Gasteiger partial charge in [0, 0.05) is 12.1 Å². The van der Waals surface area contributed by atoms with Crippen molar-refractivity contribution in [3.8, 4) is 5.75 Å². The van der Waals surface area contributed by atoms with Crippen LogP contribution >= 0.6 is 0 Å². The highest BCUT2D eigenvalue weighted by atomic mass is 16.6. The van der Waals surface area contributed by atoms with Gasteiger partial charge in [0.1, 0.15) is 19.0 Å². The van der Waals surface area contributed by atoms with Crippen LogP contribution in [0.2, 0.25) is 0 Å². The van der Waals surface area contributed by atoms with Gasteiger partial charge in [-0.3, -0.25) is 0 Å². The number of nitrogens with one attached hydrogen (secondary N) is 1. The van der Waals surface area contributed by atoms with E-state index in [2.05, 4.69) is 11.9 Å². The minimum atomic E-state index is -0.763. The Morgan fingerprint density at radius 2 is 1.82 bits per heavy atom. The van der Waals surface area contributed by atoms with Crippen LogP contribution in [0, 0.1) is 6.92 Å². The number of carbonyl (C=O) groups is 2. The van der Waals surface area contributed by atoms with Gasteiger partial charge < -0.3 is 19.5 Å². The molecule has 1 N–H and O–H groups in total. The van der Waals surface area contributed by atoms with Crippen molar-refractivity contribution in [2.45, 2.75) is 26.5 Å². The van der Waals surface area contributed by atoms with Gasteiger partial charge in [-0.2, -0.15) is 0 Å². The summed E-state index contributed by atoms with van der Waals surface area (Å²) in [6.45, 7) is 7.31. The molecule has 0 spiro atoms. The molecule has 2 rings (SSSR count). The fourth-order valence-corrected chi connectivity index (χ4v) is 2.30. The summed E-state index contributed by atoms with van der Waals surface area (Å²) in [6.07, 6.45) is -1.38. The molecule has 2 aromatic rings. The molecule has 0 heterocycles. The van der Waals surface area contributed by atoms with Crippen molar-refractivity contribution in [2.24, 2.45) is 0 Å². The van der Waals surface area contributed by atoms with Gasteiger partial charge in [0.2, 0.25) is 0 Å². The van der Waals surface area contributed by atoms with Gasteiger partial charge in [0.25, 0.3) is 0 Å². The van der Waals surface area contributed by atoms with Gasteiger partial charge in [-0.05, 0) is 31.5 Å². The fourth-order valence-electron chi connectivity index (χ4n) is 2.30. The van der Waals surface area contributed by atoms with E-state index in [9.17, 15) is 9.59 Å². The monoisotopic (exact) mass is 383 g/mol. The molecule has 1 atom stereocenters. The van der Waals surface area contributed by atoms with E-state index in [0.29, 0.717) is 12.3 Å². The Kier molecular flexibility index (Phi) is 8.09. The molecule has 1 unspecified atom stereocenters. The summed E-state index contributed by atoms with van der Waals surface area (Å²) in [5, 5.41) is 2.69. The van der Waals surface area contributed by atoms with Gasteiger partial charge in [-0.25, -0.2) is 9.59 Å². The molecule has 0 fully saturated rings. The number of amides is 1. The molecule has 0 saturated carbocycles. The number of para-hydroxylation sites is 1. The van der Waals surface area contributed by atoms with Crippen molar-refractivity contribution in [1.29, 1.82) is 0 Å². The second-order valence-electron chi connectivity index (χ2n) is 6.37. The molecule has 6 heteroatoms. The van der Waals surface area contributed by atoms with Crippen LogP contribution in [-0.2, 0) is 20.8 Å². The molecule has 0 aliphatic heterocycles. The Morgan fingerprint density at radius 3 is 2.50 bits per heavy atom. The number of rotatable bonds is 9. The van der Waals surface area contributed by atoms with Gasteiger partial charge >= 0.3 is 12.1 Å². The molecular formula is C22H25NO5. The first kappa shape index (κ1) is 21.0. The number of carbonyl (C=O) groups excluding carboxylic acids is 2. The Morgan fingerprint density at radius 1 is 1.07 bits per heavy atom. The van der Waals surface area contributed by atoms with E-state index in [1.54, 1.807) is 19.1 Å². The standard InChI is InChI=1S/C22H25NO5/c1-16(2)21(24)27-15-20(14-26-19-10-5-4-6-11-19)28-22(25)23-13-18-9-7-8-17(3)12-18/h4-12,20H,1,13-15H2,2-3H3,(H,23,25). The summed E-state index contributed by atoms with van der Waals surface area (Å²) in [6, 6.07) is 16.9. The molecule has 0 saturated heterocycles. The van der Waals surface area contributed by atoms with Crippen LogP contribution < -0.4 is 10.1 Å². The highest BCUT2D eigenvalue weighted by Gasteiger charge is 2.18. The lowest BCUT2D eigenvalue weighted by Crippen LogP contribution is -2.35. The van der Waals surface area contributed by atoms with Crippen molar-refractivity contribution < 1.29 is 23.8 Å². The summed E-state index contributed by atoms with van der Waals surface area (Å²) in [4.78, 5) is 23.8. The number of ether oxygens (including phenoxy) is 3. The zero-order valence-electron chi connectivity index (χ0n) is 16.1. The molecule has 148 valence electrons. The van der Waals surface area contributed by atoms with E-state index in [1.807, 2.05) is 49.4 Å². The van der Waals surface area contributed by atoms with Crippen LogP contribution in [0.15, 0.2) is 66.7 Å². The van der Waals surface area contributed by atoms with E-state index in [1.165, 1.54) is 0 Å². The summed E-state index contributed by atoms with van der Waals surface area (Å²) < 4.78 is 16.1. The van der Waals surface area contributed by atoms with E-state index in [4.69, 9.17) is 14.2 Å². The Labute approximate surface area is 165 Å². The third-order valence-electron chi connectivity index (χ3n) is 3.72. The van der Waals surface area contributed by atoms with Crippen LogP contribution in [0.1, 0.15) is 18.1 Å². The van der Waals surface area contributed by atoms with Crippen molar-refractivity contribution in [1.82, 2.24) is 5.32 Å². The largest absolute Gasteiger partial charge is 0.490 e. The molecule has 6 nitrogen and oxygen atoms in total. The van der Waals surface area contributed by atoms with E-state index in [0.717, 1.165) is 11.1 Å². The number of benzene rings is 2. The predicted octanol–water partition coefficient (Wildman–Crippen LogP) is 3.79. The molecule has 0 bridgehead atoms. The summed E-state index contributed by atoms with van der Waals surface area (Å²) in [7, 11) is 0. The Bertz CT molecular complexity index is 804. The second-order valence-corrected chi connectivity index (χ2v) is 6.37. The Hall–Kier alpha value is -3.28. The predicted molar refractivity (Wildman–Crippen MR) is 106 cm³/mol. The zero-order valence-corrected chi connectivity index (χ0v) is 16.1. The number of esters is 1. The molecule has 1 amide bonds. The third kappa shape index (κ3) is 7.53. The number of hydrogen-bond donors (Lipinski definition) is 1. The molecule has 28 heavy (non-hydrogen) atoms. The number of hydrogen-bond acceptors (Lipinski definition) is 5. The normalized spacial score (nSPS) is 11.2. The van der Waals surface area contributed by atoms with Crippen LogP contribution in [-0.4, -0.2) is 31.4 Å². The van der Waals surface area contributed by atoms with Crippen molar-refractivity contribution in [3.63, 3.8) is 0 Å². The SMILES string of the molecule is C=C(C)C(=O)OCC(COc1ccccc1)OC(=O)NCc1cccc(C)c1. The first-order valence-corrected chi connectivity index (χ1v) is 8.94. The van der Waals surface area contributed by atoms with Gasteiger partial charge in [-0.1, -0.05) is 54.6 Å². The molecule has 0 radical (unpaired) electrons. The van der Waals surface area contributed by atoms with Gasteiger partial charge in [0.15, 0.2) is 6.10 Å². The molecule has 0 aliphatic rings. The van der Waals surface area contributed by atoms with Crippen molar-refractivity contribution in [2.75, 3.05) is 13.2 Å². The molecule has 2 aromatic carbocycles. The van der Waals surface area contributed by atoms with Crippen LogP contribution in [0.5, 0.6) is 5.75 Å². The van der Waals surface area contributed by atoms with Crippen LogP contribution in [0.3, 0.4) is 0 Å². The first-order chi connectivity index (χ1) is 13.4. The summed E-state index contributed by atoms with van der Waals surface area (Å²) in [5.41, 5.74) is 2.34. The summed E-state index contributed by atoms with van der Waals surface area (Å²) >= 11 is 0. The average molecular weight is 383 g/mol. The topological polar surface area (TPSA) is 73.9 Å². The molecular weight excluding hydrogens is 358 g/mol. The minimum absolute atomic E-state index is 0.0470. The maximum absolute atomic E-state index is 12.2. The van der Waals surface area contributed by atoms with Gasteiger partial charge in [0.05, 0.1) is 0 Å². The van der Waals surface area contributed by atoms with Crippen molar-refractivity contribution in [3.05, 3.63) is 77.9 Å². The van der Waals surface area contributed by atoms with Crippen molar-refractivity contribution >= 4 is 12.1 Å². The van der Waals surface area contributed by atoms with E-state index < -0.39 is 18.2 Å². The average Bonchev–Trinajstić information content (AvgIpc) is 2.69. The van der Waals surface area contributed by atoms with Crippen LogP contribution in [0.25, 0.3) is 0 Å². The second kappa shape index (κ2) is 10.8. The number of aryl methyl sites for hydroxylation is 1. The highest BCUT2D eigenvalue weighted by Crippen LogP contribution is 2.10. The molecule has 0 aliphatic carbocycles. The van der Waals surface area contributed by atoms with E-state index in [-0.39, 0.29) is 18.8 Å². The third-order valence-corrected chi connectivity index (χ3v) is 3.72. The van der Waals surface area contributed by atoms with Crippen LogP contribution in [0.4, 0.5) is 4.79 Å². The lowest BCUT2D eigenvalue weighted by Gasteiger charge is -2.19. The smallest absolute Gasteiger partial charge is 0.407 e. The summed E-state index contributed by atoms with van der Waals surface area (Å²) in [5.74, 6) is 0.0796. The maximum atomic E-state index is 12.2. The molecule has 0 aromatic heterocycles. The maximum Gasteiger partial charge on any atom is 0.407 e. The number of alkyl carbamates (subject to hydrolysis) is 1. The minimum Gasteiger partial charge on any atom is -0.490 e. The first-order valence-electron chi connectivity index (χ1n) is 8.94.